The van der Waals surface area contributed by atoms with Gasteiger partial charge in [-0.2, -0.15) is 5.10 Å². The Hall–Kier alpha value is -0.853. The van der Waals surface area contributed by atoms with Crippen molar-refractivity contribution in [2.45, 2.75) is 84.6 Å². The monoisotopic (exact) mass is 328 g/mol. The van der Waals surface area contributed by atoms with Gasteiger partial charge in [0, 0.05) is 10.1 Å². The van der Waals surface area contributed by atoms with Crippen molar-refractivity contribution in [2.24, 2.45) is 0 Å². The molecule has 0 saturated heterocycles. The highest BCUT2D eigenvalue weighted by molar-refractivity contribution is 6.72. The summed E-state index contributed by atoms with van der Waals surface area (Å²) in [5.41, 5.74) is 0.513. The average molecular weight is 329 g/mol. The summed E-state index contributed by atoms with van der Waals surface area (Å²) in [7, 11) is -3.08. The summed E-state index contributed by atoms with van der Waals surface area (Å²) < 4.78 is 12.0. The summed E-state index contributed by atoms with van der Waals surface area (Å²) in [6, 6.07) is 0. The fraction of sp³-hybridized carbons (Fsp3) is 0.812. The van der Waals surface area contributed by atoms with Gasteiger partial charge in [-0.3, -0.25) is 5.10 Å². The normalized spacial score (nSPS) is 14.3. The van der Waals surface area contributed by atoms with Crippen LogP contribution in [0.4, 0.5) is 0 Å². The van der Waals surface area contributed by atoms with Gasteiger partial charge in [-0.15, -0.1) is 0 Å². The van der Waals surface area contributed by atoms with Crippen LogP contribution in [-0.4, -0.2) is 29.2 Å². The molecule has 0 aliphatic rings. The number of nitrogens with one attached hydrogen (secondary N) is 1. The molecule has 0 amide bonds. The van der Waals surface area contributed by atoms with Crippen LogP contribution in [-0.2, 0) is 11.3 Å². The van der Waals surface area contributed by atoms with Gasteiger partial charge in [0.25, 0.3) is 0 Å². The van der Waals surface area contributed by atoms with Crippen molar-refractivity contribution >= 4 is 8.56 Å². The summed E-state index contributed by atoms with van der Waals surface area (Å²) >= 11 is 0. The standard InChI is InChI=1S/C16H32N2O3Si/c1-14(2,3)20-11-12-13(10-17-18-12)21-22(19,15(4,5)6)16(7,8)9/h10,19H,11H2,1-9H3,(H,17,18). The smallest absolute Gasteiger partial charge is 0.407 e. The van der Waals surface area contributed by atoms with E-state index < -0.39 is 8.56 Å². The quantitative estimate of drug-likeness (QED) is 0.815. The van der Waals surface area contributed by atoms with Gasteiger partial charge in [-0.25, -0.2) is 0 Å². The molecule has 5 nitrogen and oxygen atoms in total. The lowest BCUT2D eigenvalue weighted by Crippen LogP contribution is -2.57. The largest absolute Gasteiger partial charge is 0.517 e. The molecule has 0 aromatic carbocycles. The summed E-state index contributed by atoms with van der Waals surface area (Å²) in [6.07, 6.45) is 1.62. The zero-order valence-corrected chi connectivity index (χ0v) is 16.5. The SMILES string of the molecule is CC(C)(C)OCc1[nH]ncc1O[Si](O)(C(C)(C)C)C(C)(C)C. The van der Waals surface area contributed by atoms with E-state index in [4.69, 9.17) is 9.16 Å². The van der Waals surface area contributed by atoms with Gasteiger partial charge in [0.1, 0.15) is 11.4 Å². The maximum Gasteiger partial charge on any atom is 0.407 e. The van der Waals surface area contributed by atoms with E-state index in [1.165, 1.54) is 0 Å². The molecule has 0 radical (unpaired) electrons. The van der Waals surface area contributed by atoms with Crippen LogP contribution in [0, 0.1) is 0 Å². The van der Waals surface area contributed by atoms with Crippen molar-refractivity contribution in [2.75, 3.05) is 0 Å². The second-order valence-electron chi connectivity index (χ2n) is 8.86. The Balaban J connectivity index is 3.05. The van der Waals surface area contributed by atoms with Crippen LogP contribution in [0.3, 0.4) is 0 Å². The van der Waals surface area contributed by atoms with Gasteiger partial charge in [-0.05, 0) is 20.8 Å². The molecule has 2 N–H and O–H groups in total. The van der Waals surface area contributed by atoms with Gasteiger partial charge in [0.2, 0.25) is 0 Å². The topological polar surface area (TPSA) is 67.4 Å². The number of nitrogens with zero attached hydrogens (tertiary/aromatic N) is 1. The van der Waals surface area contributed by atoms with Crippen molar-refractivity contribution in [3.8, 4) is 5.75 Å². The molecule has 0 atom stereocenters. The molecule has 22 heavy (non-hydrogen) atoms. The molecule has 1 aromatic heterocycles. The Morgan fingerprint density at radius 3 is 1.95 bits per heavy atom. The summed E-state index contributed by atoms with van der Waals surface area (Å²) in [6.45, 7) is 18.5. The van der Waals surface area contributed by atoms with Crippen LogP contribution in [0.2, 0.25) is 10.1 Å². The van der Waals surface area contributed by atoms with Crippen LogP contribution in [0.25, 0.3) is 0 Å². The molecular formula is C16H32N2O3Si. The molecule has 1 rings (SSSR count). The van der Waals surface area contributed by atoms with Gasteiger partial charge in [0.05, 0.1) is 18.4 Å². The summed E-state index contributed by atoms with van der Waals surface area (Å²) in [4.78, 5) is 11.3. The maximum absolute atomic E-state index is 11.3. The second kappa shape index (κ2) is 5.98. The minimum Gasteiger partial charge on any atom is -0.517 e. The van der Waals surface area contributed by atoms with Crippen molar-refractivity contribution in [1.82, 2.24) is 10.2 Å². The molecule has 0 fully saturated rings. The molecule has 1 heterocycles. The van der Waals surface area contributed by atoms with E-state index in [0.29, 0.717) is 12.4 Å². The van der Waals surface area contributed by atoms with Crippen LogP contribution >= 0.6 is 0 Å². The van der Waals surface area contributed by atoms with E-state index in [2.05, 4.69) is 10.2 Å². The predicted molar refractivity (Wildman–Crippen MR) is 91.2 cm³/mol. The van der Waals surface area contributed by atoms with Crippen molar-refractivity contribution < 1.29 is 14.0 Å². The lowest BCUT2D eigenvalue weighted by atomic mass is 10.2. The first-order valence-corrected chi connectivity index (χ1v) is 9.60. The molecule has 0 bridgehead atoms. The summed E-state index contributed by atoms with van der Waals surface area (Å²) in [5, 5.41) is 6.31. The Labute approximate surface area is 135 Å². The third kappa shape index (κ3) is 4.33. The first kappa shape index (κ1) is 19.2. The van der Waals surface area contributed by atoms with E-state index in [1.54, 1.807) is 6.20 Å². The average Bonchev–Trinajstić information content (AvgIpc) is 2.69. The van der Waals surface area contributed by atoms with Crippen LogP contribution in [0.5, 0.6) is 5.75 Å². The Kier molecular flexibility index (Phi) is 5.22. The molecule has 0 aliphatic heterocycles. The number of aromatic amines is 1. The zero-order valence-electron chi connectivity index (χ0n) is 15.5. The van der Waals surface area contributed by atoms with Crippen LogP contribution in [0.1, 0.15) is 68.0 Å². The van der Waals surface area contributed by atoms with Gasteiger partial charge >= 0.3 is 8.56 Å². The maximum atomic E-state index is 11.3. The lowest BCUT2D eigenvalue weighted by molar-refractivity contribution is -0.0170. The Morgan fingerprint density at radius 2 is 1.55 bits per heavy atom. The van der Waals surface area contributed by atoms with Gasteiger partial charge in [-0.1, -0.05) is 41.5 Å². The Bertz CT molecular complexity index is 479. The molecular weight excluding hydrogens is 296 g/mol. The Morgan fingerprint density at radius 1 is 1.05 bits per heavy atom. The third-order valence-corrected chi connectivity index (χ3v) is 8.20. The van der Waals surface area contributed by atoms with Crippen molar-refractivity contribution in [1.29, 1.82) is 0 Å². The fourth-order valence-corrected chi connectivity index (χ4v) is 5.73. The minimum atomic E-state index is -3.08. The number of aromatic nitrogens is 2. The molecule has 6 heteroatoms. The zero-order chi connectivity index (χ0) is 17.4. The highest BCUT2D eigenvalue weighted by Gasteiger charge is 2.57. The molecule has 0 unspecified atom stereocenters. The molecule has 1 aromatic rings. The number of rotatable bonds is 4. The third-order valence-electron chi connectivity index (χ3n) is 3.62. The first-order valence-electron chi connectivity index (χ1n) is 7.75. The van der Waals surface area contributed by atoms with E-state index in [1.807, 2.05) is 62.3 Å². The number of hydrogen-bond donors (Lipinski definition) is 2. The predicted octanol–water partition coefficient (Wildman–Crippen LogP) is 4.14. The van der Waals surface area contributed by atoms with Gasteiger partial charge < -0.3 is 14.0 Å². The highest BCUT2D eigenvalue weighted by atomic mass is 28.4. The molecule has 0 aliphatic carbocycles. The van der Waals surface area contributed by atoms with E-state index >= 15 is 0 Å². The highest BCUT2D eigenvalue weighted by Crippen LogP contribution is 2.50. The minimum absolute atomic E-state index is 0.246. The number of hydrogen-bond acceptors (Lipinski definition) is 4. The van der Waals surface area contributed by atoms with E-state index in [0.717, 1.165) is 5.69 Å². The molecule has 128 valence electrons. The van der Waals surface area contributed by atoms with E-state index in [9.17, 15) is 4.80 Å². The number of ether oxygens (including phenoxy) is 1. The first-order chi connectivity index (χ1) is 9.67. The van der Waals surface area contributed by atoms with Crippen LogP contribution < -0.4 is 4.43 Å². The second-order valence-corrected chi connectivity index (χ2v) is 13.4. The number of H-pyrrole nitrogens is 1. The van der Waals surface area contributed by atoms with Crippen LogP contribution in [0.15, 0.2) is 6.20 Å². The van der Waals surface area contributed by atoms with Crippen molar-refractivity contribution in [3.63, 3.8) is 0 Å². The summed E-state index contributed by atoms with van der Waals surface area (Å²) in [5.74, 6) is 0.586. The fourth-order valence-electron chi connectivity index (χ4n) is 2.37. The molecule has 0 spiro atoms. The van der Waals surface area contributed by atoms with E-state index in [-0.39, 0.29) is 15.7 Å². The van der Waals surface area contributed by atoms with Gasteiger partial charge in [0.15, 0.2) is 0 Å². The lowest BCUT2D eigenvalue weighted by Gasteiger charge is -2.44. The molecule has 0 saturated carbocycles. The van der Waals surface area contributed by atoms with Crippen molar-refractivity contribution in [3.05, 3.63) is 11.9 Å².